The third-order valence-corrected chi connectivity index (χ3v) is 7.13. The van der Waals surface area contributed by atoms with E-state index in [1.165, 1.54) is 31.2 Å². The fourth-order valence-corrected chi connectivity index (χ4v) is 4.96. The van der Waals surface area contributed by atoms with Gasteiger partial charge in [0.25, 0.3) is 0 Å². The van der Waals surface area contributed by atoms with Gasteiger partial charge in [0.15, 0.2) is 0 Å². The van der Waals surface area contributed by atoms with Crippen LogP contribution in [0.4, 0.5) is 11.6 Å². The summed E-state index contributed by atoms with van der Waals surface area (Å²) >= 11 is 0. The Morgan fingerprint density at radius 2 is 1.83 bits per heavy atom. The van der Waals surface area contributed by atoms with Crippen molar-refractivity contribution in [2.24, 2.45) is 5.14 Å². The predicted molar refractivity (Wildman–Crippen MR) is 112 cm³/mol. The quantitative estimate of drug-likeness (QED) is 0.782. The number of sulfonamides is 1. The number of fused-ring (bicyclic) bond motifs is 1. The van der Waals surface area contributed by atoms with Crippen LogP contribution in [0.5, 0.6) is 0 Å². The second-order valence-corrected chi connectivity index (χ2v) is 10.1. The number of primary sulfonamides is 1. The summed E-state index contributed by atoms with van der Waals surface area (Å²) in [5.74, 6) is 3.26. The van der Waals surface area contributed by atoms with Crippen LogP contribution in [0.3, 0.4) is 0 Å². The Morgan fingerprint density at radius 1 is 1.03 bits per heavy atom. The molecule has 0 radical (unpaired) electrons. The van der Waals surface area contributed by atoms with Crippen LogP contribution >= 0.6 is 0 Å². The first-order valence-electron chi connectivity index (χ1n) is 10.5. The molecule has 1 aromatic heterocycles. The van der Waals surface area contributed by atoms with Gasteiger partial charge in [0.05, 0.1) is 4.90 Å². The number of nitrogens with one attached hydrogen (secondary N) is 1. The average Bonchev–Trinajstić information content (AvgIpc) is 3.44. The maximum absolute atomic E-state index is 11.7. The van der Waals surface area contributed by atoms with Gasteiger partial charge in [-0.25, -0.2) is 23.5 Å². The van der Waals surface area contributed by atoms with Gasteiger partial charge in [-0.1, -0.05) is 18.9 Å². The molecule has 154 valence electrons. The van der Waals surface area contributed by atoms with Gasteiger partial charge in [0.1, 0.15) is 17.5 Å². The predicted octanol–water partition coefficient (Wildman–Crippen LogP) is 2.92. The molecule has 0 saturated heterocycles. The summed E-state index contributed by atoms with van der Waals surface area (Å²) in [5, 5.41) is 8.94. The molecule has 1 aromatic carbocycles. The lowest BCUT2D eigenvalue weighted by Crippen LogP contribution is -2.32. The number of hydrogen-bond acceptors (Lipinski definition) is 6. The molecule has 0 amide bonds. The Bertz CT molecular complexity index is 1030. The summed E-state index contributed by atoms with van der Waals surface area (Å²) in [6.45, 7) is 1.48. The highest BCUT2D eigenvalue weighted by Gasteiger charge is 2.29. The minimum absolute atomic E-state index is 0.169. The van der Waals surface area contributed by atoms with E-state index in [9.17, 15) is 8.42 Å². The average molecular weight is 414 g/mol. The number of anilines is 2. The molecule has 7 nitrogen and oxygen atoms in total. The van der Waals surface area contributed by atoms with Gasteiger partial charge < -0.3 is 10.2 Å². The van der Waals surface area contributed by atoms with Crippen molar-refractivity contribution in [2.45, 2.75) is 68.3 Å². The molecule has 0 bridgehead atoms. The molecule has 1 aliphatic heterocycles. The first kappa shape index (κ1) is 18.8. The Morgan fingerprint density at radius 3 is 2.55 bits per heavy atom. The molecule has 0 atom stereocenters. The van der Waals surface area contributed by atoms with Crippen LogP contribution in [0.1, 0.15) is 61.4 Å². The van der Waals surface area contributed by atoms with Crippen molar-refractivity contribution in [1.82, 2.24) is 9.97 Å². The first-order valence-corrected chi connectivity index (χ1v) is 12.1. The summed E-state index contributed by atoms with van der Waals surface area (Å²) in [4.78, 5) is 12.1. The van der Waals surface area contributed by atoms with Crippen LogP contribution in [0.15, 0.2) is 29.2 Å². The fraction of sp³-hybridized carbons (Fsp3) is 0.524. The largest absolute Gasteiger partial charge is 0.367 e. The summed E-state index contributed by atoms with van der Waals surface area (Å²) < 4.78 is 23.5. The molecule has 0 spiro atoms. The molecule has 2 saturated carbocycles. The minimum Gasteiger partial charge on any atom is -0.367 e. The van der Waals surface area contributed by atoms with E-state index in [-0.39, 0.29) is 4.90 Å². The van der Waals surface area contributed by atoms with E-state index in [0.29, 0.717) is 18.5 Å². The van der Waals surface area contributed by atoms with Crippen molar-refractivity contribution in [1.29, 1.82) is 0 Å². The second kappa shape index (κ2) is 7.25. The maximum Gasteiger partial charge on any atom is 0.238 e. The van der Waals surface area contributed by atoms with E-state index < -0.39 is 10.0 Å². The van der Waals surface area contributed by atoms with Gasteiger partial charge in [-0.05, 0) is 55.4 Å². The monoisotopic (exact) mass is 413 g/mol. The Balaban J connectivity index is 1.43. The van der Waals surface area contributed by atoms with E-state index >= 15 is 0 Å². The lowest BCUT2D eigenvalue weighted by molar-refractivity contribution is 0.597. The highest BCUT2D eigenvalue weighted by atomic mass is 32.2. The van der Waals surface area contributed by atoms with Gasteiger partial charge >= 0.3 is 0 Å². The van der Waals surface area contributed by atoms with Gasteiger partial charge in [0, 0.05) is 31.1 Å². The number of benzene rings is 1. The van der Waals surface area contributed by atoms with Crippen molar-refractivity contribution in [3.8, 4) is 0 Å². The molecule has 2 aliphatic carbocycles. The van der Waals surface area contributed by atoms with Crippen LogP contribution in [0.25, 0.3) is 0 Å². The first-order chi connectivity index (χ1) is 14.0. The van der Waals surface area contributed by atoms with Crippen LogP contribution in [-0.2, 0) is 23.0 Å². The molecule has 2 heterocycles. The van der Waals surface area contributed by atoms with Crippen molar-refractivity contribution in [3.63, 3.8) is 0 Å². The van der Waals surface area contributed by atoms with Crippen molar-refractivity contribution >= 4 is 21.7 Å². The molecular formula is C21H27N5O2S. The van der Waals surface area contributed by atoms with Crippen LogP contribution in [0.2, 0.25) is 0 Å². The van der Waals surface area contributed by atoms with E-state index in [0.717, 1.165) is 48.8 Å². The molecular weight excluding hydrogens is 386 g/mol. The van der Waals surface area contributed by atoms with Gasteiger partial charge in [-0.2, -0.15) is 0 Å². The number of nitrogens with two attached hydrogens (primary N) is 1. The second-order valence-electron chi connectivity index (χ2n) is 8.52. The van der Waals surface area contributed by atoms with Crippen molar-refractivity contribution in [3.05, 3.63) is 41.2 Å². The third-order valence-electron chi connectivity index (χ3n) is 6.22. The van der Waals surface area contributed by atoms with Crippen LogP contribution in [0, 0.1) is 0 Å². The van der Waals surface area contributed by atoms with E-state index in [1.807, 2.05) is 6.07 Å². The van der Waals surface area contributed by atoms with Gasteiger partial charge in [-0.3, -0.25) is 0 Å². The maximum atomic E-state index is 11.7. The van der Waals surface area contributed by atoms with Crippen LogP contribution < -0.4 is 15.4 Å². The molecule has 3 aliphatic rings. The van der Waals surface area contributed by atoms with E-state index in [2.05, 4.69) is 16.3 Å². The van der Waals surface area contributed by atoms with E-state index in [1.54, 1.807) is 12.1 Å². The van der Waals surface area contributed by atoms with Crippen molar-refractivity contribution in [2.75, 3.05) is 16.8 Å². The zero-order valence-electron chi connectivity index (χ0n) is 16.5. The third kappa shape index (κ3) is 4.09. The topological polar surface area (TPSA) is 101 Å². The Labute approximate surface area is 171 Å². The molecule has 2 aromatic rings. The minimum atomic E-state index is -3.70. The number of rotatable bonds is 5. The highest BCUT2D eigenvalue weighted by molar-refractivity contribution is 7.89. The molecule has 2 fully saturated rings. The molecule has 0 unspecified atom stereocenters. The highest BCUT2D eigenvalue weighted by Crippen LogP contribution is 2.39. The zero-order valence-corrected chi connectivity index (χ0v) is 17.3. The van der Waals surface area contributed by atoms with Crippen molar-refractivity contribution < 1.29 is 8.42 Å². The number of nitrogens with zero attached hydrogens (tertiary/aromatic N) is 3. The Hall–Kier alpha value is -2.19. The fourth-order valence-electron chi connectivity index (χ4n) is 4.40. The number of hydrogen-bond donors (Lipinski definition) is 2. The van der Waals surface area contributed by atoms with Crippen LogP contribution in [-0.4, -0.2) is 31.0 Å². The molecule has 3 N–H and O–H groups in total. The lowest BCUT2D eigenvalue weighted by atomic mass is 10.00. The Kier molecular flexibility index (Phi) is 4.70. The standard InChI is InChI=1S/C21H27N5O2S/c22-29(27,28)18-8-7-14-9-10-26(13-16(14)11-18)20-12-19(23-17-3-1-2-4-17)24-21(25-20)15-5-6-15/h7-8,11-12,15,17H,1-6,9-10,13H2,(H2,22,27,28)(H,23,24,25). The summed E-state index contributed by atoms with van der Waals surface area (Å²) in [5.41, 5.74) is 2.18. The smallest absolute Gasteiger partial charge is 0.238 e. The summed E-state index contributed by atoms with van der Waals surface area (Å²) in [7, 11) is -3.70. The summed E-state index contributed by atoms with van der Waals surface area (Å²) in [6.07, 6.45) is 8.13. The normalized spacial score (nSPS) is 20.0. The number of aromatic nitrogens is 2. The lowest BCUT2D eigenvalue weighted by Gasteiger charge is -2.30. The molecule has 5 rings (SSSR count). The van der Waals surface area contributed by atoms with E-state index in [4.69, 9.17) is 15.1 Å². The van der Waals surface area contributed by atoms with Gasteiger partial charge in [0.2, 0.25) is 10.0 Å². The molecule has 8 heteroatoms. The molecule has 29 heavy (non-hydrogen) atoms. The SMILES string of the molecule is NS(=O)(=O)c1ccc2c(c1)CN(c1cc(NC3CCCC3)nc(C3CC3)n1)CC2. The van der Waals surface area contributed by atoms with Gasteiger partial charge in [-0.15, -0.1) is 0 Å². The summed E-state index contributed by atoms with van der Waals surface area (Å²) in [6, 6.07) is 7.75. The zero-order chi connectivity index (χ0) is 20.0.